The molecule has 0 bridgehead atoms. The number of hydrogen-bond donors (Lipinski definition) is 2. The molecule has 0 aliphatic rings. The van der Waals surface area contributed by atoms with E-state index in [1.165, 1.54) is 0 Å². The maximum absolute atomic E-state index is 12.2. The fraction of sp³-hybridized carbons (Fsp3) is 0.235. The van der Waals surface area contributed by atoms with Crippen molar-refractivity contribution in [2.45, 2.75) is 20.3 Å². The third-order valence-electron chi connectivity index (χ3n) is 3.36. The summed E-state index contributed by atoms with van der Waals surface area (Å²) in [6.45, 7) is 3.83. The van der Waals surface area contributed by atoms with Crippen molar-refractivity contribution < 1.29 is 9.59 Å². The molecule has 114 valence electrons. The minimum Gasteiger partial charge on any atom is -0.326 e. The summed E-state index contributed by atoms with van der Waals surface area (Å²) < 4.78 is 0. The molecule has 5 nitrogen and oxygen atoms in total. The number of nitrogens with one attached hydrogen (secondary N) is 2. The van der Waals surface area contributed by atoms with E-state index in [4.69, 9.17) is 0 Å². The molecule has 22 heavy (non-hydrogen) atoms. The van der Waals surface area contributed by atoms with Gasteiger partial charge in [0.25, 0.3) is 5.91 Å². The van der Waals surface area contributed by atoms with Gasteiger partial charge >= 0.3 is 0 Å². The summed E-state index contributed by atoms with van der Waals surface area (Å²) in [5.41, 5.74) is 1.08. The number of carbonyl (C=O) groups excluding carboxylic acids is 2. The largest absolute Gasteiger partial charge is 0.326 e. The van der Waals surface area contributed by atoms with Gasteiger partial charge < -0.3 is 10.6 Å². The second-order valence-corrected chi connectivity index (χ2v) is 5.05. The molecule has 1 unspecified atom stereocenters. The molecule has 0 saturated heterocycles. The summed E-state index contributed by atoms with van der Waals surface area (Å²) in [6, 6.07) is 12.1. The van der Waals surface area contributed by atoms with E-state index in [1.54, 1.807) is 48.7 Å². The van der Waals surface area contributed by atoms with Gasteiger partial charge in [-0.05, 0) is 36.8 Å². The Morgan fingerprint density at radius 3 is 2.64 bits per heavy atom. The molecule has 2 aromatic rings. The van der Waals surface area contributed by atoms with Gasteiger partial charge in [0.15, 0.2) is 0 Å². The van der Waals surface area contributed by atoms with Crippen LogP contribution in [0.2, 0.25) is 0 Å². The van der Waals surface area contributed by atoms with E-state index in [1.807, 2.05) is 13.8 Å². The minimum absolute atomic E-state index is 0.0511. The smallest absolute Gasteiger partial charge is 0.256 e. The van der Waals surface area contributed by atoms with Crippen LogP contribution in [0.5, 0.6) is 0 Å². The van der Waals surface area contributed by atoms with Gasteiger partial charge in [-0.2, -0.15) is 0 Å². The van der Waals surface area contributed by atoms with Gasteiger partial charge in [-0.15, -0.1) is 0 Å². The quantitative estimate of drug-likeness (QED) is 0.889. The molecule has 1 atom stereocenters. The van der Waals surface area contributed by atoms with Crippen LogP contribution >= 0.6 is 0 Å². The molecule has 1 heterocycles. The van der Waals surface area contributed by atoms with Crippen LogP contribution in [0.15, 0.2) is 48.7 Å². The standard InChI is InChI=1S/C17H19N3O2/c1-3-12(2)16(21)19-14-8-6-7-13(11-14)17(22)20-15-9-4-5-10-18-15/h4-12H,3H2,1-2H3,(H,19,21)(H,18,20,22). The maximum atomic E-state index is 12.2. The van der Waals surface area contributed by atoms with Crippen LogP contribution in [0.25, 0.3) is 0 Å². The van der Waals surface area contributed by atoms with Gasteiger partial charge in [-0.25, -0.2) is 4.98 Å². The zero-order chi connectivity index (χ0) is 15.9. The van der Waals surface area contributed by atoms with Gasteiger partial charge in [-0.1, -0.05) is 26.0 Å². The molecule has 0 saturated carbocycles. The second-order valence-electron chi connectivity index (χ2n) is 5.05. The average Bonchev–Trinajstić information content (AvgIpc) is 2.55. The van der Waals surface area contributed by atoms with E-state index in [0.717, 1.165) is 6.42 Å². The van der Waals surface area contributed by atoms with Crippen molar-refractivity contribution >= 4 is 23.3 Å². The van der Waals surface area contributed by atoms with Crippen LogP contribution in [-0.4, -0.2) is 16.8 Å². The van der Waals surface area contributed by atoms with Crippen LogP contribution < -0.4 is 10.6 Å². The summed E-state index contributed by atoms with van der Waals surface area (Å²) in [7, 11) is 0. The van der Waals surface area contributed by atoms with Crippen molar-refractivity contribution in [1.82, 2.24) is 4.98 Å². The summed E-state index contributed by atoms with van der Waals surface area (Å²) in [6.07, 6.45) is 2.38. The van der Waals surface area contributed by atoms with Gasteiger partial charge in [0, 0.05) is 23.4 Å². The topological polar surface area (TPSA) is 71.1 Å². The first-order chi connectivity index (χ1) is 10.6. The molecule has 0 aliphatic heterocycles. The Balaban J connectivity index is 2.08. The van der Waals surface area contributed by atoms with E-state index < -0.39 is 0 Å². The van der Waals surface area contributed by atoms with E-state index in [0.29, 0.717) is 17.1 Å². The van der Waals surface area contributed by atoms with Crippen molar-refractivity contribution in [2.75, 3.05) is 10.6 Å². The molecule has 0 aliphatic carbocycles. The lowest BCUT2D eigenvalue weighted by Gasteiger charge is -2.11. The second kappa shape index (κ2) is 7.36. The van der Waals surface area contributed by atoms with Crippen LogP contribution in [0.1, 0.15) is 30.6 Å². The zero-order valence-corrected chi connectivity index (χ0v) is 12.7. The number of anilines is 2. The first-order valence-electron chi connectivity index (χ1n) is 7.23. The SMILES string of the molecule is CCC(C)C(=O)Nc1cccc(C(=O)Nc2ccccn2)c1. The highest BCUT2D eigenvalue weighted by Crippen LogP contribution is 2.14. The van der Waals surface area contributed by atoms with Crippen LogP contribution in [0, 0.1) is 5.92 Å². The summed E-state index contributed by atoms with van der Waals surface area (Å²) >= 11 is 0. The van der Waals surface area contributed by atoms with Gasteiger partial charge in [0.2, 0.25) is 5.91 Å². The van der Waals surface area contributed by atoms with Crippen molar-refractivity contribution in [1.29, 1.82) is 0 Å². The maximum Gasteiger partial charge on any atom is 0.256 e. The Labute approximate surface area is 129 Å². The molecular weight excluding hydrogens is 278 g/mol. The first kappa shape index (κ1) is 15.7. The third-order valence-corrected chi connectivity index (χ3v) is 3.36. The Bertz CT molecular complexity index is 656. The van der Waals surface area contributed by atoms with Gasteiger partial charge in [0.1, 0.15) is 5.82 Å². The number of nitrogens with zero attached hydrogens (tertiary/aromatic N) is 1. The van der Waals surface area contributed by atoms with E-state index in [2.05, 4.69) is 15.6 Å². The molecule has 2 amide bonds. The highest BCUT2D eigenvalue weighted by Gasteiger charge is 2.12. The average molecular weight is 297 g/mol. The Morgan fingerprint density at radius 2 is 1.95 bits per heavy atom. The Hall–Kier alpha value is -2.69. The number of rotatable bonds is 5. The molecule has 5 heteroatoms. The molecule has 2 N–H and O–H groups in total. The number of benzene rings is 1. The lowest BCUT2D eigenvalue weighted by molar-refractivity contribution is -0.119. The number of amides is 2. The summed E-state index contributed by atoms with van der Waals surface area (Å²) in [5.74, 6) is 0.107. The first-order valence-corrected chi connectivity index (χ1v) is 7.23. The predicted octanol–water partition coefficient (Wildman–Crippen LogP) is 3.32. The molecule has 0 radical (unpaired) electrons. The molecular formula is C17H19N3O2. The monoisotopic (exact) mass is 297 g/mol. The third kappa shape index (κ3) is 4.15. The lowest BCUT2D eigenvalue weighted by atomic mass is 10.1. The van der Waals surface area contributed by atoms with Crippen molar-refractivity contribution in [3.05, 3.63) is 54.2 Å². The van der Waals surface area contributed by atoms with Crippen molar-refractivity contribution in [2.24, 2.45) is 5.92 Å². The zero-order valence-electron chi connectivity index (χ0n) is 12.7. The summed E-state index contributed by atoms with van der Waals surface area (Å²) in [5, 5.41) is 5.53. The van der Waals surface area contributed by atoms with Crippen LogP contribution in [0.4, 0.5) is 11.5 Å². The number of carbonyl (C=O) groups is 2. The van der Waals surface area contributed by atoms with E-state index in [9.17, 15) is 9.59 Å². The van der Waals surface area contributed by atoms with Gasteiger partial charge in [0.05, 0.1) is 0 Å². The lowest BCUT2D eigenvalue weighted by Crippen LogP contribution is -2.20. The Kier molecular flexibility index (Phi) is 5.25. The predicted molar refractivity (Wildman–Crippen MR) is 86.7 cm³/mol. The number of pyridine rings is 1. The fourth-order valence-electron chi connectivity index (χ4n) is 1.81. The molecule has 0 spiro atoms. The van der Waals surface area contributed by atoms with Crippen molar-refractivity contribution in [3.8, 4) is 0 Å². The Morgan fingerprint density at radius 1 is 1.14 bits per heavy atom. The molecule has 2 rings (SSSR count). The highest BCUT2D eigenvalue weighted by molar-refractivity contribution is 6.05. The fourth-order valence-corrected chi connectivity index (χ4v) is 1.81. The van der Waals surface area contributed by atoms with Crippen LogP contribution in [0.3, 0.4) is 0 Å². The van der Waals surface area contributed by atoms with Crippen molar-refractivity contribution in [3.63, 3.8) is 0 Å². The molecule has 1 aromatic carbocycles. The summed E-state index contributed by atoms with van der Waals surface area (Å²) in [4.78, 5) is 28.1. The van der Waals surface area contributed by atoms with E-state index in [-0.39, 0.29) is 17.7 Å². The normalized spacial score (nSPS) is 11.5. The highest BCUT2D eigenvalue weighted by atomic mass is 16.2. The molecule has 0 fully saturated rings. The molecule has 1 aromatic heterocycles. The number of aromatic nitrogens is 1. The van der Waals surface area contributed by atoms with Gasteiger partial charge in [-0.3, -0.25) is 9.59 Å². The van der Waals surface area contributed by atoms with E-state index >= 15 is 0 Å². The minimum atomic E-state index is -0.265. The van der Waals surface area contributed by atoms with Crippen LogP contribution in [-0.2, 0) is 4.79 Å². The number of hydrogen-bond acceptors (Lipinski definition) is 3.